The summed E-state index contributed by atoms with van der Waals surface area (Å²) in [4.78, 5) is 24.3. The molecule has 1 aliphatic heterocycles. The minimum Gasteiger partial charge on any atom is -0.316 e. The van der Waals surface area contributed by atoms with Crippen LogP contribution in [-0.2, 0) is 14.8 Å². The number of rotatable bonds is 7. The number of aromatic nitrogens is 3. The summed E-state index contributed by atoms with van der Waals surface area (Å²) in [5, 5.41) is 6.59. The third-order valence-electron chi connectivity index (χ3n) is 6.15. The molecule has 2 aromatic carbocycles. The second kappa shape index (κ2) is 11.3. The number of carbonyl (C=O) groups excluding carboxylic acids is 1. The van der Waals surface area contributed by atoms with Crippen molar-refractivity contribution in [2.45, 2.75) is 30.6 Å². The van der Waals surface area contributed by atoms with Crippen LogP contribution in [0.25, 0.3) is 21.8 Å². The van der Waals surface area contributed by atoms with E-state index in [0.717, 1.165) is 30.5 Å². The van der Waals surface area contributed by atoms with Crippen molar-refractivity contribution in [3.63, 3.8) is 0 Å². The average molecular weight is 589 g/mol. The van der Waals surface area contributed by atoms with Crippen molar-refractivity contribution in [1.82, 2.24) is 20.3 Å². The predicted molar refractivity (Wildman–Crippen MR) is 145 cm³/mol. The van der Waals surface area contributed by atoms with E-state index in [-0.39, 0.29) is 29.0 Å². The Morgan fingerprint density at radius 2 is 1.95 bits per heavy atom. The molecule has 4 aromatic rings. The molecule has 3 N–H and O–H groups in total. The van der Waals surface area contributed by atoms with Crippen molar-refractivity contribution in [2.75, 3.05) is 23.1 Å². The molecule has 1 aliphatic rings. The molecule has 0 aliphatic carbocycles. The first-order chi connectivity index (χ1) is 19.1. The van der Waals surface area contributed by atoms with Crippen molar-refractivity contribution < 1.29 is 26.4 Å². The van der Waals surface area contributed by atoms with Crippen molar-refractivity contribution in [3.8, 4) is 21.8 Å². The quantitative estimate of drug-likeness (QED) is 0.280. The number of piperidine rings is 1. The number of nitrogens with one attached hydrogen (secondary N) is 3. The number of hydrogen-bond donors (Lipinski definition) is 3. The maximum absolute atomic E-state index is 16.0. The average Bonchev–Trinajstić information content (AvgIpc) is 3.37. The van der Waals surface area contributed by atoms with Gasteiger partial charge in [0.15, 0.2) is 5.82 Å². The van der Waals surface area contributed by atoms with Gasteiger partial charge in [-0.2, -0.15) is 0 Å². The predicted octanol–water partition coefficient (Wildman–Crippen LogP) is 4.91. The zero-order chi connectivity index (χ0) is 28.4. The standard InChI is InChI=1S/C26H23F3N6O3S2/c1-14(36)32-26-31-11-9-20(33-26)24-23(34-25(39-24)15-4-3-10-30-13-15)17-5-2-6-19(22(17)29)35-40(37,38)21-12-16(27)7-8-18(21)28/h2,5-9,11-12,15,30,35H,3-4,10,13H2,1H3,(H,31,32,33,36). The van der Waals surface area contributed by atoms with Gasteiger partial charge >= 0.3 is 0 Å². The van der Waals surface area contributed by atoms with Crippen LogP contribution >= 0.6 is 11.3 Å². The second-order valence-corrected chi connectivity index (χ2v) is 11.7. The van der Waals surface area contributed by atoms with Gasteiger partial charge in [-0.1, -0.05) is 6.07 Å². The van der Waals surface area contributed by atoms with Gasteiger partial charge in [0.05, 0.1) is 27.0 Å². The lowest BCUT2D eigenvalue weighted by molar-refractivity contribution is -0.114. The summed E-state index contributed by atoms with van der Waals surface area (Å²) < 4.78 is 71.5. The zero-order valence-corrected chi connectivity index (χ0v) is 22.7. The lowest BCUT2D eigenvalue weighted by Crippen LogP contribution is -2.28. The normalized spacial score (nSPS) is 15.6. The number of anilines is 2. The summed E-state index contributed by atoms with van der Waals surface area (Å²) >= 11 is 1.32. The van der Waals surface area contributed by atoms with Crippen molar-refractivity contribution in [2.24, 2.45) is 0 Å². The summed E-state index contributed by atoms with van der Waals surface area (Å²) in [7, 11) is -4.67. The van der Waals surface area contributed by atoms with Gasteiger partial charge in [-0.25, -0.2) is 36.5 Å². The van der Waals surface area contributed by atoms with E-state index in [1.165, 1.54) is 42.7 Å². The summed E-state index contributed by atoms with van der Waals surface area (Å²) in [5.41, 5.74) is 0.102. The van der Waals surface area contributed by atoms with Crippen LogP contribution < -0.4 is 15.4 Å². The minimum absolute atomic E-state index is 0.0270. The number of halogens is 3. The maximum atomic E-state index is 16.0. The van der Waals surface area contributed by atoms with Gasteiger partial charge < -0.3 is 5.32 Å². The van der Waals surface area contributed by atoms with Crippen molar-refractivity contribution in [3.05, 3.63) is 71.1 Å². The Balaban J connectivity index is 1.59. The Kier molecular flexibility index (Phi) is 7.83. The largest absolute Gasteiger partial charge is 0.316 e. The molecule has 0 saturated carbocycles. The molecule has 1 saturated heterocycles. The minimum atomic E-state index is -4.67. The highest BCUT2D eigenvalue weighted by Crippen LogP contribution is 2.42. The summed E-state index contributed by atoms with van der Waals surface area (Å²) in [6.45, 7) is 2.89. The molecule has 3 heterocycles. The Labute approximate surface area is 232 Å². The van der Waals surface area contributed by atoms with Crippen LogP contribution in [-0.4, -0.2) is 42.4 Å². The molecule has 1 amide bonds. The van der Waals surface area contributed by atoms with Crippen LogP contribution in [0.3, 0.4) is 0 Å². The summed E-state index contributed by atoms with van der Waals surface area (Å²) in [5.74, 6) is -3.34. The smallest absolute Gasteiger partial charge is 0.265 e. The van der Waals surface area contributed by atoms with Crippen LogP contribution in [0.2, 0.25) is 0 Å². The second-order valence-electron chi connectivity index (χ2n) is 9.07. The summed E-state index contributed by atoms with van der Waals surface area (Å²) in [6, 6.07) is 7.61. The van der Waals surface area contributed by atoms with Gasteiger partial charge in [0.25, 0.3) is 10.0 Å². The molecule has 1 atom stereocenters. The lowest BCUT2D eigenvalue weighted by atomic mass is 10.0. The van der Waals surface area contributed by atoms with Crippen LogP contribution in [0.5, 0.6) is 0 Å². The first-order valence-electron chi connectivity index (χ1n) is 12.2. The van der Waals surface area contributed by atoms with Gasteiger partial charge in [-0.15, -0.1) is 11.3 Å². The molecule has 208 valence electrons. The van der Waals surface area contributed by atoms with E-state index >= 15 is 4.39 Å². The van der Waals surface area contributed by atoms with E-state index in [1.54, 1.807) is 6.07 Å². The van der Waals surface area contributed by atoms with E-state index < -0.39 is 38.1 Å². The molecule has 1 fully saturated rings. The molecule has 0 radical (unpaired) electrons. The first kappa shape index (κ1) is 27.7. The van der Waals surface area contributed by atoms with Crippen LogP contribution in [0.15, 0.2) is 53.6 Å². The fourth-order valence-electron chi connectivity index (χ4n) is 4.31. The lowest BCUT2D eigenvalue weighted by Gasteiger charge is -2.20. The molecular formula is C26H23F3N6O3S2. The van der Waals surface area contributed by atoms with E-state index in [9.17, 15) is 22.0 Å². The van der Waals surface area contributed by atoms with Crippen molar-refractivity contribution in [1.29, 1.82) is 0 Å². The van der Waals surface area contributed by atoms with E-state index in [1.807, 2.05) is 4.72 Å². The van der Waals surface area contributed by atoms with Crippen molar-refractivity contribution >= 4 is 38.9 Å². The van der Waals surface area contributed by atoms with Gasteiger partial charge in [-0.05, 0) is 55.8 Å². The molecule has 5 rings (SSSR count). The van der Waals surface area contributed by atoms with E-state index in [2.05, 4.69) is 20.6 Å². The van der Waals surface area contributed by atoms with Gasteiger partial charge in [0.2, 0.25) is 11.9 Å². The molecule has 0 bridgehead atoms. The Morgan fingerprint density at radius 3 is 2.70 bits per heavy atom. The van der Waals surface area contributed by atoms with E-state index in [0.29, 0.717) is 29.2 Å². The number of carbonyl (C=O) groups is 1. The number of thiazole rings is 1. The first-order valence-corrected chi connectivity index (χ1v) is 14.5. The monoisotopic (exact) mass is 588 g/mol. The Morgan fingerprint density at radius 1 is 1.12 bits per heavy atom. The highest BCUT2D eigenvalue weighted by molar-refractivity contribution is 7.92. The van der Waals surface area contributed by atoms with Crippen LogP contribution in [0.4, 0.5) is 24.8 Å². The third kappa shape index (κ3) is 5.83. The van der Waals surface area contributed by atoms with Gasteiger partial charge in [0.1, 0.15) is 16.5 Å². The molecule has 0 spiro atoms. The van der Waals surface area contributed by atoms with E-state index in [4.69, 9.17) is 4.98 Å². The molecule has 2 aromatic heterocycles. The number of nitrogens with zero attached hydrogens (tertiary/aromatic N) is 3. The number of sulfonamides is 1. The molecule has 40 heavy (non-hydrogen) atoms. The Bertz CT molecular complexity index is 1690. The Hall–Kier alpha value is -3.88. The highest BCUT2D eigenvalue weighted by atomic mass is 32.2. The van der Waals surface area contributed by atoms with Gasteiger partial charge in [0, 0.05) is 31.1 Å². The molecule has 14 heteroatoms. The number of amides is 1. The maximum Gasteiger partial charge on any atom is 0.265 e. The highest BCUT2D eigenvalue weighted by Gasteiger charge is 2.27. The van der Waals surface area contributed by atoms with Crippen LogP contribution in [0, 0.1) is 17.5 Å². The number of hydrogen-bond acceptors (Lipinski definition) is 8. The fraction of sp³-hybridized carbons (Fsp3) is 0.231. The topological polar surface area (TPSA) is 126 Å². The van der Waals surface area contributed by atoms with Crippen LogP contribution in [0.1, 0.15) is 30.7 Å². The van der Waals surface area contributed by atoms with Gasteiger partial charge in [-0.3, -0.25) is 14.8 Å². The third-order valence-corrected chi connectivity index (χ3v) is 8.77. The SMILES string of the molecule is CC(=O)Nc1nccc(-c2sc(C3CCCNC3)nc2-c2cccc(NS(=O)(=O)c3cc(F)ccc3F)c2F)n1. The fourth-order valence-corrected chi connectivity index (χ4v) is 6.64. The molecule has 9 nitrogen and oxygen atoms in total. The summed E-state index contributed by atoms with van der Waals surface area (Å²) in [6.07, 6.45) is 3.27. The zero-order valence-electron chi connectivity index (χ0n) is 21.0. The molecule has 1 unspecified atom stereocenters. The number of benzene rings is 2. The molecular weight excluding hydrogens is 565 g/mol.